The summed E-state index contributed by atoms with van der Waals surface area (Å²) in [5, 5.41) is 11.3. The smallest absolute Gasteiger partial charge is 0.154 e. The summed E-state index contributed by atoms with van der Waals surface area (Å²) in [5.74, 6) is 0. The molecule has 2 N–H and O–H groups in total. The van der Waals surface area contributed by atoms with Gasteiger partial charge in [-0.15, -0.1) is 0 Å². The molecule has 1 aliphatic carbocycles. The van der Waals surface area contributed by atoms with Crippen molar-refractivity contribution in [1.29, 1.82) is 0 Å². The van der Waals surface area contributed by atoms with Crippen molar-refractivity contribution in [2.24, 2.45) is 5.73 Å². The number of fused-ring (bicyclic) bond motifs is 6. The minimum atomic E-state index is -1.26. The van der Waals surface area contributed by atoms with Crippen LogP contribution >= 0.6 is 0 Å². The van der Waals surface area contributed by atoms with Crippen molar-refractivity contribution >= 4 is 46.2 Å². The normalized spacial score (nSPS) is 17.2. The maximum Gasteiger partial charge on any atom is 0.154 e. The molecule has 0 spiro atoms. The van der Waals surface area contributed by atoms with Gasteiger partial charge in [0.25, 0.3) is 0 Å². The Morgan fingerprint density at radius 3 is 1.72 bits per heavy atom. The fourth-order valence-electron chi connectivity index (χ4n) is 11.6. The summed E-state index contributed by atoms with van der Waals surface area (Å²) >= 11 is 0. The number of aromatic nitrogens is 1. The standard InChI is InChI=1S/C64H49N4Si/c65-62(47-25-21-35-53(41-47)69(51-31-12-4-13-32-51)52-33-14-5-15-34-52)68-63(46-23-6-1-7-24-46)66(68)44-45-22-20-30-50(40-45)67-60-39-19-17-37-55(60)57-42-59-56(43-61(57)67)54-36-16-18-38-58(54)64(59,48-26-8-2-9-27-48)49-28-10-3-11-29-49/h1-43,62-63H,44,65H2. The number of benzene rings is 10. The zero-order valence-electron chi connectivity index (χ0n) is 38.1. The summed E-state index contributed by atoms with van der Waals surface area (Å²) in [6.07, 6.45) is -0.304. The molecule has 69 heavy (non-hydrogen) atoms. The quantitative estimate of drug-likeness (QED) is 0.0798. The number of hydrogen-bond acceptors (Lipinski definition) is 3. The highest BCUT2D eigenvalue weighted by Crippen LogP contribution is 2.57. The summed E-state index contributed by atoms with van der Waals surface area (Å²) in [6, 6.07) is 95.9. The second kappa shape index (κ2) is 17.0. The van der Waals surface area contributed by atoms with E-state index >= 15 is 0 Å². The lowest BCUT2D eigenvalue weighted by molar-refractivity contribution is 0.237. The lowest BCUT2D eigenvalue weighted by Crippen LogP contribution is -2.52. The van der Waals surface area contributed by atoms with Gasteiger partial charge in [-0.1, -0.05) is 246 Å². The molecule has 10 aromatic carbocycles. The third kappa shape index (κ3) is 6.85. The highest BCUT2D eigenvalue weighted by molar-refractivity contribution is 6.95. The molecule has 1 fully saturated rings. The van der Waals surface area contributed by atoms with Gasteiger partial charge in [0.1, 0.15) is 6.17 Å². The first kappa shape index (κ1) is 41.3. The Hall–Kier alpha value is -7.90. The molecule has 1 saturated heterocycles. The Morgan fingerprint density at radius 1 is 0.449 bits per heavy atom. The van der Waals surface area contributed by atoms with E-state index in [0.717, 1.165) is 11.3 Å². The van der Waals surface area contributed by atoms with Crippen LogP contribution in [0.2, 0.25) is 0 Å². The highest BCUT2D eigenvalue weighted by atomic mass is 28.3. The van der Waals surface area contributed by atoms with E-state index in [-0.39, 0.29) is 12.3 Å². The van der Waals surface area contributed by atoms with Crippen LogP contribution in [-0.4, -0.2) is 23.4 Å². The lowest BCUT2D eigenvalue weighted by Gasteiger charge is -2.33. The van der Waals surface area contributed by atoms with Crippen LogP contribution in [0.3, 0.4) is 0 Å². The molecule has 4 atom stereocenters. The number of nitrogens with two attached hydrogens (primary N) is 1. The molecule has 0 amide bonds. The van der Waals surface area contributed by atoms with Crippen LogP contribution < -0.4 is 21.3 Å². The Morgan fingerprint density at radius 2 is 1.03 bits per heavy atom. The van der Waals surface area contributed by atoms with Crippen LogP contribution in [-0.2, 0) is 12.0 Å². The fraction of sp³-hybridized carbons (Fsp3) is 0.0625. The second-order valence-electron chi connectivity index (χ2n) is 18.4. The van der Waals surface area contributed by atoms with E-state index in [1.54, 1.807) is 0 Å². The van der Waals surface area contributed by atoms with Crippen molar-refractivity contribution in [2.45, 2.75) is 24.3 Å². The Kier molecular flexibility index (Phi) is 10.2. The highest BCUT2D eigenvalue weighted by Gasteiger charge is 2.50. The third-order valence-corrected chi connectivity index (χ3v) is 17.3. The molecule has 4 nitrogen and oxygen atoms in total. The summed E-state index contributed by atoms with van der Waals surface area (Å²) in [5.41, 5.74) is 21.8. The summed E-state index contributed by atoms with van der Waals surface area (Å²) < 4.78 is 2.48. The first-order valence-electron chi connectivity index (χ1n) is 24.0. The Balaban J connectivity index is 0.896. The van der Waals surface area contributed by atoms with E-state index < -0.39 is 14.2 Å². The number of hydrogen-bond donors (Lipinski definition) is 1. The average molecular weight is 902 g/mol. The van der Waals surface area contributed by atoms with Crippen molar-refractivity contribution in [1.82, 2.24) is 14.6 Å². The molecule has 0 bridgehead atoms. The molecule has 1 aromatic heterocycles. The molecule has 2 aliphatic rings. The maximum atomic E-state index is 7.41. The van der Waals surface area contributed by atoms with Crippen LogP contribution in [0.25, 0.3) is 38.6 Å². The molecule has 11 aromatic rings. The van der Waals surface area contributed by atoms with Crippen LogP contribution in [0.1, 0.15) is 51.3 Å². The van der Waals surface area contributed by atoms with E-state index in [0.29, 0.717) is 6.54 Å². The predicted molar refractivity (Wildman–Crippen MR) is 286 cm³/mol. The molecule has 0 saturated carbocycles. The van der Waals surface area contributed by atoms with Gasteiger partial charge in [0.2, 0.25) is 0 Å². The molecule has 1 aliphatic heterocycles. The van der Waals surface area contributed by atoms with Crippen molar-refractivity contribution < 1.29 is 0 Å². The number of hydrazine groups is 1. The molecular weight excluding hydrogens is 853 g/mol. The molecule has 5 heteroatoms. The van der Waals surface area contributed by atoms with Crippen molar-refractivity contribution in [3.8, 4) is 16.8 Å². The average Bonchev–Trinajstić information content (AvgIpc) is 3.92. The summed E-state index contributed by atoms with van der Waals surface area (Å²) in [7, 11) is -1.26. The third-order valence-electron chi connectivity index (χ3n) is 14.6. The van der Waals surface area contributed by atoms with Crippen LogP contribution in [0.5, 0.6) is 0 Å². The number of para-hydroxylation sites is 1. The SMILES string of the molecule is NC(c1cccc([Si](c2ccccc2)c2ccccc2)c1)N1C(c2ccccc2)N1Cc1cccc(-n2c3ccccc3c3cc4c(cc32)-c2ccccc2C4(c2ccccc2)c2ccccc2)c1. The Labute approximate surface area is 405 Å². The van der Waals surface area contributed by atoms with Gasteiger partial charge < -0.3 is 10.3 Å². The summed E-state index contributed by atoms with van der Waals surface area (Å²) in [4.78, 5) is 0. The molecule has 13 rings (SSSR count). The van der Waals surface area contributed by atoms with Gasteiger partial charge in [-0.05, 0) is 80.4 Å². The van der Waals surface area contributed by atoms with E-state index in [1.165, 1.54) is 81.9 Å². The zero-order chi connectivity index (χ0) is 45.9. The van der Waals surface area contributed by atoms with Gasteiger partial charge in [-0.3, -0.25) is 0 Å². The van der Waals surface area contributed by atoms with Crippen molar-refractivity contribution in [3.63, 3.8) is 0 Å². The summed E-state index contributed by atoms with van der Waals surface area (Å²) in [6.45, 7) is 0.709. The first-order chi connectivity index (χ1) is 34.2. The van der Waals surface area contributed by atoms with Crippen LogP contribution in [0, 0.1) is 0 Å². The molecular formula is C64H49N4Si. The van der Waals surface area contributed by atoms with Crippen LogP contribution in [0.15, 0.2) is 261 Å². The molecule has 329 valence electrons. The molecule has 2 heterocycles. The van der Waals surface area contributed by atoms with Gasteiger partial charge in [-0.2, -0.15) is 5.01 Å². The minimum Gasteiger partial charge on any atom is -0.311 e. The fourth-order valence-corrected chi connectivity index (χ4v) is 14.2. The van der Waals surface area contributed by atoms with Gasteiger partial charge >= 0.3 is 0 Å². The second-order valence-corrected chi connectivity index (χ2v) is 20.9. The largest absolute Gasteiger partial charge is 0.311 e. The van der Waals surface area contributed by atoms with Gasteiger partial charge in [0, 0.05) is 23.0 Å². The number of rotatable bonds is 11. The van der Waals surface area contributed by atoms with E-state index in [1.807, 2.05) is 0 Å². The van der Waals surface area contributed by atoms with E-state index in [2.05, 4.69) is 275 Å². The van der Waals surface area contributed by atoms with E-state index in [9.17, 15) is 0 Å². The van der Waals surface area contributed by atoms with Crippen LogP contribution in [0.4, 0.5) is 0 Å². The van der Waals surface area contributed by atoms with Gasteiger partial charge in [0.05, 0.1) is 22.6 Å². The van der Waals surface area contributed by atoms with Gasteiger partial charge in [0.15, 0.2) is 8.80 Å². The van der Waals surface area contributed by atoms with Gasteiger partial charge in [-0.25, -0.2) is 5.01 Å². The first-order valence-corrected chi connectivity index (χ1v) is 25.5. The maximum absolute atomic E-state index is 7.41. The topological polar surface area (TPSA) is 37.0 Å². The predicted octanol–water partition coefficient (Wildman–Crippen LogP) is 12.1. The van der Waals surface area contributed by atoms with E-state index in [4.69, 9.17) is 5.73 Å². The lowest BCUT2D eigenvalue weighted by atomic mass is 9.67. The minimum absolute atomic E-state index is 0.0342. The monoisotopic (exact) mass is 901 g/mol. The zero-order valence-corrected chi connectivity index (χ0v) is 39.1. The Bertz CT molecular complexity index is 3550. The van der Waals surface area contributed by atoms with Crippen molar-refractivity contribution in [3.05, 3.63) is 300 Å². The van der Waals surface area contributed by atoms with Crippen molar-refractivity contribution in [2.75, 3.05) is 0 Å². The number of nitrogens with zero attached hydrogens (tertiary/aromatic N) is 3. The molecule has 1 radical (unpaired) electrons. The molecule has 4 unspecified atom stereocenters.